The van der Waals surface area contributed by atoms with Crippen LogP contribution in [0.1, 0.15) is 26.3 Å². The summed E-state index contributed by atoms with van der Waals surface area (Å²) < 4.78 is 0. The molecule has 0 spiro atoms. The summed E-state index contributed by atoms with van der Waals surface area (Å²) in [6, 6.07) is 7.63. The Bertz CT molecular complexity index is 535. The van der Waals surface area contributed by atoms with Crippen LogP contribution in [-0.4, -0.2) is 32.0 Å². The minimum Gasteiger partial charge on any atom is -0.359 e. The Morgan fingerprint density at radius 3 is 2.48 bits per heavy atom. The maximum Gasteiger partial charge on any atom is 0.227 e. The highest BCUT2D eigenvalue weighted by atomic mass is 127. The van der Waals surface area contributed by atoms with Crippen molar-refractivity contribution in [3.63, 3.8) is 0 Å². The molecule has 0 heterocycles. The van der Waals surface area contributed by atoms with Crippen LogP contribution < -0.4 is 16.0 Å². The summed E-state index contributed by atoms with van der Waals surface area (Å²) in [6.07, 6.45) is 0. The Hall–Kier alpha value is -1.02. The average Bonchev–Trinajstić information content (AvgIpc) is 2.50. The van der Waals surface area contributed by atoms with Gasteiger partial charge in [-0.25, -0.2) is 4.99 Å². The molecule has 1 amide bonds. The van der Waals surface area contributed by atoms with E-state index in [1.54, 1.807) is 7.05 Å². The molecule has 0 radical (unpaired) electrons. The molecule has 0 aliphatic carbocycles. The number of hydrogen-bond donors (Lipinski definition) is 3. The Balaban J connectivity index is 0.00000484. The fourth-order valence-corrected chi connectivity index (χ4v) is 2.05. The molecular formula is C16H26ClIN4O. The van der Waals surface area contributed by atoms with E-state index < -0.39 is 5.41 Å². The first kappa shape index (κ1) is 22.0. The predicted molar refractivity (Wildman–Crippen MR) is 108 cm³/mol. The summed E-state index contributed by atoms with van der Waals surface area (Å²) >= 11 is 6.13. The molecular weight excluding hydrogens is 427 g/mol. The van der Waals surface area contributed by atoms with Gasteiger partial charge in [0.2, 0.25) is 5.91 Å². The Kier molecular flexibility index (Phi) is 10.2. The van der Waals surface area contributed by atoms with Crippen molar-refractivity contribution < 1.29 is 4.79 Å². The van der Waals surface area contributed by atoms with Crippen molar-refractivity contribution in [3.8, 4) is 0 Å². The second-order valence-corrected chi connectivity index (χ2v) is 6.01. The number of carbonyl (C=O) groups is 1. The monoisotopic (exact) mass is 452 g/mol. The van der Waals surface area contributed by atoms with Gasteiger partial charge in [0.25, 0.3) is 0 Å². The molecule has 5 nitrogen and oxygen atoms in total. The van der Waals surface area contributed by atoms with Crippen LogP contribution in [0.5, 0.6) is 0 Å². The Labute approximate surface area is 160 Å². The van der Waals surface area contributed by atoms with Crippen LogP contribution in [0.25, 0.3) is 0 Å². The van der Waals surface area contributed by atoms with Gasteiger partial charge in [-0.1, -0.05) is 29.8 Å². The zero-order valence-corrected chi connectivity index (χ0v) is 17.2. The summed E-state index contributed by atoms with van der Waals surface area (Å²) in [5, 5.41) is 9.74. The molecule has 1 aromatic rings. The van der Waals surface area contributed by atoms with E-state index in [-0.39, 0.29) is 29.9 Å². The van der Waals surface area contributed by atoms with Crippen LogP contribution in [0.2, 0.25) is 5.02 Å². The fourth-order valence-electron chi connectivity index (χ4n) is 1.86. The zero-order valence-electron chi connectivity index (χ0n) is 14.1. The van der Waals surface area contributed by atoms with Crippen LogP contribution in [0.3, 0.4) is 0 Å². The van der Waals surface area contributed by atoms with Crippen molar-refractivity contribution in [2.24, 2.45) is 10.4 Å². The summed E-state index contributed by atoms with van der Waals surface area (Å²) in [7, 11) is 1.64. The molecule has 0 aromatic heterocycles. The smallest absolute Gasteiger partial charge is 0.227 e. The van der Waals surface area contributed by atoms with E-state index in [0.29, 0.717) is 24.1 Å². The van der Waals surface area contributed by atoms with E-state index in [2.05, 4.69) is 20.9 Å². The van der Waals surface area contributed by atoms with Gasteiger partial charge in [0.05, 0.1) is 12.0 Å². The molecule has 0 unspecified atom stereocenters. The molecule has 3 N–H and O–H groups in total. The highest BCUT2D eigenvalue weighted by Crippen LogP contribution is 2.16. The number of hydrogen-bond acceptors (Lipinski definition) is 2. The first-order valence-electron chi connectivity index (χ1n) is 7.38. The lowest BCUT2D eigenvalue weighted by Gasteiger charge is -2.24. The van der Waals surface area contributed by atoms with Crippen LogP contribution in [-0.2, 0) is 11.3 Å². The number of amides is 1. The highest BCUT2D eigenvalue weighted by Gasteiger charge is 2.26. The van der Waals surface area contributed by atoms with Crippen LogP contribution in [0.4, 0.5) is 0 Å². The van der Waals surface area contributed by atoms with Gasteiger partial charge >= 0.3 is 0 Å². The molecule has 0 saturated carbocycles. The summed E-state index contributed by atoms with van der Waals surface area (Å²) in [4.78, 5) is 16.3. The maximum absolute atomic E-state index is 11.8. The third-order valence-corrected chi connectivity index (χ3v) is 3.62. The molecule has 23 heavy (non-hydrogen) atoms. The molecule has 0 atom stereocenters. The minimum atomic E-state index is -0.519. The van der Waals surface area contributed by atoms with Crippen molar-refractivity contribution in [1.82, 2.24) is 16.0 Å². The average molecular weight is 453 g/mol. The number of halogens is 2. The molecule has 7 heteroatoms. The first-order valence-corrected chi connectivity index (χ1v) is 7.76. The van der Waals surface area contributed by atoms with Crippen molar-refractivity contribution in [1.29, 1.82) is 0 Å². The molecule has 0 bridgehead atoms. The summed E-state index contributed by atoms with van der Waals surface area (Å²) in [6.45, 7) is 7.48. The van der Waals surface area contributed by atoms with Gasteiger partial charge in [-0.05, 0) is 32.4 Å². The van der Waals surface area contributed by atoms with Gasteiger partial charge in [0, 0.05) is 25.2 Å². The topological polar surface area (TPSA) is 65.5 Å². The Morgan fingerprint density at radius 2 is 1.91 bits per heavy atom. The fraction of sp³-hybridized carbons (Fsp3) is 0.500. The van der Waals surface area contributed by atoms with E-state index in [9.17, 15) is 4.79 Å². The normalized spacial score (nSPS) is 11.4. The molecule has 1 aromatic carbocycles. The lowest BCUT2D eigenvalue weighted by Crippen LogP contribution is -2.47. The summed E-state index contributed by atoms with van der Waals surface area (Å²) in [5.41, 5.74) is 0.446. The van der Waals surface area contributed by atoms with E-state index in [0.717, 1.165) is 12.1 Å². The quantitative estimate of drug-likeness (QED) is 0.353. The second kappa shape index (κ2) is 10.7. The zero-order chi connectivity index (χ0) is 16.6. The van der Waals surface area contributed by atoms with Gasteiger partial charge in [-0.15, -0.1) is 24.0 Å². The maximum atomic E-state index is 11.8. The van der Waals surface area contributed by atoms with E-state index in [1.807, 2.05) is 45.0 Å². The van der Waals surface area contributed by atoms with Gasteiger partial charge < -0.3 is 16.0 Å². The molecule has 1 rings (SSSR count). The third kappa shape index (κ3) is 7.39. The van der Waals surface area contributed by atoms with Crippen LogP contribution >= 0.6 is 35.6 Å². The van der Waals surface area contributed by atoms with E-state index in [4.69, 9.17) is 11.6 Å². The van der Waals surface area contributed by atoms with Gasteiger partial charge in [0.15, 0.2) is 5.96 Å². The van der Waals surface area contributed by atoms with Crippen molar-refractivity contribution >= 4 is 47.4 Å². The van der Waals surface area contributed by atoms with E-state index >= 15 is 0 Å². The SMILES string of the molecule is CCNC(=NCc1ccccc1Cl)NCC(C)(C)C(=O)NC.I. The lowest BCUT2D eigenvalue weighted by molar-refractivity contribution is -0.128. The molecule has 130 valence electrons. The molecule has 0 fully saturated rings. The highest BCUT2D eigenvalue weighted by molar-refractivity contribution is 14.0. The lowest BCUT2D eigenvalue weighted by atomic mass is 9.92. The molecule has 0 aliphatic heterocycles. The number of guanidine groups is 1. The number of nitrogens with zero attached hydrogens (tertiary/aromatic N) is 1. The van der Waals surface area contributed by atoms with Crippen LogP contribution in [0, 0.1) is 5.41 Å². The van der Waals surface area contributed by atoms with Crippen molar-refractivity contribution in [3.05, 3.63) is 34.9 Å². The standard InChI is InChI=1S/C16H25ClN4O.HI/c1-5-19-15(21-11-16(2,3)14(22)18-4)20-10-12-8-6-7-9-13(12)17;/h6-9H,5,10-11H2,1-4H3,(H,18,22)(H2,19,20,21);1H. The van der Waals surface area contributed by atoms with Gasteiger partial charge in [-0.3, -0.25) is 4.79 Å². The van der Waals surface area contributed by atoms with Crippen LogP contribution in [0.15, 0.2) is 29.3 Å². The number of benzene rings is 1. The van der Waals surface area contributed by atoms with Gasteiger partial charge in [0.1, 0.15) is 0 Å². The number of nitrogens with one attached hydrogen (secondary N) is 3. The number of rotatable bonds is 6. The van der Waals surface area contributed by atoms with Gasteiger partial charge in [-0.2, -0.15) is 0 Å². The molecule has 0 saturated heterocycles. The third-order valence-electron chi connectivity index (χ3n) is 3.25. The van der Waals surface area contributed by atoms with Crippen molar-refractivity contribution in [2.45, 2.75) is 27.3 Å². The minimum absolute atomic E-state index is 0. The van der Waals surface area contributed by atoms with Crippen molar-refractivity contribution in [2.75, 3.05) is 20.1 Å². The molecule has 0 aliphatic rings. The number of carbonyl (C=O) groups excluding carboxylic acids is 1. The predicted octanol–water partition coefficient (Wildman–Crippen LogP) is 2.79. The Morgan fingerprint density at radius 1 is 1.26 bits per heavy atom. The summed E-state index contributed by atoms with van der Waals surface area (Å²) in [5.74, 6) is 0.654. The largest absolute Gasteiger partial charge is 0.359 e. The second-order valence-electron chi connectivity index (χ2n) is 5.60. The first-order chi connectivity index (χ1) is 10.4. The number of aliphatic imine (C=N–C) groups is 1. The van der Waals surface area contributed by atoms with E-state index in [1.165, 1.54) is 0 Å².